The monoisotopic (exact) mass is 327 g/mol. The van der Waals surface area contributed by atoms with Crippen LogP contribution < -0.4 is 10.1 Å². The van der Waals surface area contributed by atoms with Crippen molar-refractivity contribution in [1.82, 2.24) is 4.90 Å². The Morgan fingerprint density at radius 2 is 2.35 bits per heavy atom. The quantitative estimate of drug-likeness (QED) is 0.912. The zero-order valence-corrected chi connectivity index (χ0v) is 13.4. The lowest BCUT2D eigenvalue weighted by atomic mass is 10.1. The SMILES string of the molecule is N#CCCN(Cc1cccs1)C(=O)Nc1ccc2c(c1)CCO2. The highest BCUT2D eigenvalue weighted by atomic mass is 32.1. The third-order valence-electron chi connectivity index (χ3n) is 3.65. The van der Waals surface area contributed by atoms with Crippen LogP contribution in [0.3, 0.4) is 0 Å². The molecule has 1 aliphatic heterocycles. The Morgan fingerprint density at radius 3 is 3.13 bits per heavy atom. The van der Waals surface area contributed by atoms with E-state index in [9.17, 15) is 4.79 Å². The molecule has 0 fully saturated rings. The molecule has 1 N–H and O–H groups in total. The molecule has 2 amide bonds. The zero-order chi connectivity index (χ0) is 16.1. The molecule has 0 radical (unpaired) electrons. The number of hydrogen-bond donors (Lipinski definition) is 1. The molecule has 1 aliphatic rings. The van der Waals surface area contributed by atoms with E-state index in [1.54, 1.807) is 16.2 Å². The first-order chi connectivity index (χ1) is 11.3. The van der Waals surface area contributed by atoms with Gasteiger partial charge >= 0.3 is 6.03 Å². The van der Waals surface area contributed by atoms with Crippen molar-refractivity contribution in [3.63, 3.8) is 0 Å². The van der Waals surface area contributed by atoms with Crippen LogP contribution in [0.15, 0.2) is 35.7 Å². The van der Waals surface area contributed by atoms with Crippen LogP contribution in [0.2, 0.25) is 0 Å². The van der Waals surface area contributed by atoms with Crippen LogP contribution in [-0.4, -0.2) is 24.1 Å². The number of ether oxygens (including phenoxy) is 1. The lowest BCUT2D eigenvalue weighted by Gasteiger charge is -2.21. The molecule has 0 atom stereocenters. The topological polar surface area (TPSA) is 65.4 Å². The van der Waals surface area contributed by atoms with Crippen LogP contribution in [0.1, 0.15) is 16.9 Å². The molecule has 6 heteroatoms. The largest absolute Gasteiger partial charge is 0.493 e. The molecule has 0 saturated heterocycles. The number of anilines is 1. The molecule has 118 valence electrons. The predicted molar refractivity (Wildman–Crippen MR) is 89.6 cm³/mol. The van der Waals surface area contributed by atoms with Crippen LogP contribution in [0.5, 0.6) is 5.75 Å². The Hall–Kier alpha value is -2.52. The fraction of sp³-hybridized carbons (Fsp3) is 0.294. The van der Waals surface area contributed by atoms with Crippen molar-refractivity contribution >= 4 is 23.1 Å². The minimum absolute atomic E-state index is 0.187. The van der Waals surface area contributed by atoms with Gasteiger partial charge in [-0.2, -0.15) is 5.26 Å². The molecule has 1 aromatic carbocycles. The van der Waals surface area contributed by atoms with Gasteiger partial charge in [0.15, 0.2) is 0 Å². The van der Waals surface area contributed by atoms with Crippen molar-refractivity contribution in [2.45, 2.75) is 19.4 Å². The minimum Gasteiger partial charge on any atom is -0.493 e. The summed E-state index contributed by atoms with van der Waals surface area (Å²) < 4.78 is 5.47. The summed E-state index contributed by atoms with van der Waals surface area (Å²) in [7, 11) is 0. The molecule has 3 rings (SSSR count). The molecule has 0 unspecified atom stereocenters. The number of nitrogens with one attached hydrogen (secondary N) is 1. The van der Waals surface area contributed by atoms with E-state index in [-0.39, 0.29) is 6.03 Å². The van der Waals surface area contributed by atoms with Crippen LogP contribution >= 0.6 is 11.3 Å². The Morgan fingerprint density at radius 1 is 1.43 bits per heavy atom. The summed E-state index contributed by atoms with van der Waals surface area (Å²) in [4.78, 5) is 15.3. The first-order valence-electron chi connectivity index (χ1n) is 7.47. The van der Waals surface area contributed by atoms with Crippen molar-refractivity contribution in [3.8, 4) is 11.8 Å². The number of rotatable bonds is 5. The first-order valence-corrected chi connectivity index (χ1v) is 8.35. The third-order valence-corrected chi connectivity index (χ3v) is 4.51. The number of hydrogen-bond acceptors (Lipinski definition) is 4. The Labute approximate surface area is 139 Å². The normalized spacial score (nSPS) is 12.1. The Bertz CT molecular complexity index is 722. The number of benzene rings is 1. The molecule has 0 bridgehead atoms. The molecule has 1 aromatic heterocycles. The molecule has 0 aliphatic carbocycles. The van der Waals surface area contributed by atoms with Gasteiger partial charge in [-0.25, -0.2) is 4.79 Å². The van der Waals surface area contributed by atoms with Gasteiger partial charge in [0.05, 0.1) is 25.6 Å². The molecule has 2 heterocycles. The highest BCUT2D eigenvalue weighted by molar-refractivity contribution is 7.09. The van der Waals surface area contributed by atoms with Crippen LogP contribution in [0.25, 0.3) is 0 Å². The Balaban J connectivity index is 1.68. The van der Waals surface area contributed by atoms with Crippen molar-refractivity contribution in [1.29, 1.82) is 5.26 Å². The molecule has 0 saturated carbocycles. The highest BCUT2D eigenvalue weighted by Gasteiger charge is 2.17. The van der Waals surface area contributed by atoms with Crippen molar-refractivity contribution in [2.24, 2.45) is 0 Å². The van der Waals surface area contributed by atoms with Crippen LogP contribution in [-0.2, 0) is 13.0 Å². The van der Waals surface area contributed by atoms with Gasteiger partial charge in [0, 0.05) is 23.5 Å². The molecular formula is C17H17N3O2S. The standard InChI is InChI=1S/C17H17N3O2S/c18-7-2-8-20(12-15-3-1-10-23-15)17(21)19-14-4-5-16-13(11-14)6-9-22-16/h1,3-5,10-11H,2,6,8-9,12H2,(H,19,21). The summed E-state index contributed by atoms with van der Waals surface area (Å²) in [5, 5.41) is 13.7. The maximum absolute atomic E-state index is 12.5. The fourth-order valence-electron chi connectivity index (χ4n) is 2.49. The zero-order valence-electron chi connectivity index (χ0n) is 12.6. The molecule has 5 nitrogen and oxygen atoms in total. The van der Waals surface area contributed by atoms with Gasteiger partial charge in [-0.3, -0.25) is 0 Å². The summed E-state index contributed by atoms with van der Waals surface area (Å²) in [5.74, 6) is 0.892. The summed E-state index contributed by atoms with van der Waals surface area (Å²) in [6, 6.07) is 11.5. The van der Waals surface area contributed by atoms with E-state index < -0.39 is 0 Å². The van der Waals surface area contributed by atoms with Gasteiger partial charge in [-0.05, 0) is 35.2 Å². The van der Waals surface area contributed by atoms with E-state index in [0.29, 0.717) is 26.1 Å². The van der Waals surface area contributed by atoms with Crippen molar-refractivity contribution in [3.05, 3.63) is 46.2 Å². The number of thiophene rings is 1. The van der Waals surface area contributed by atoms with Gasteiger partial charge in [0.2, 0.25) is 0 Å². The van der Waals surface area contributed by atoms with Gasteiger partial charge in [-0.15, -0.1) is 11.3 Å². The predicted octanol–water partition coefficient (Wildman–Crippen LogP) is 3.63. The smallest absolute Gasteiger partial charge is 0.322 e. The second-order valence-electron chi connectivity index (χ2n) is 5.26. The lowest BCUT2D eigenvalue weighted by molar-refractivity contribution is 0.211. The Kier molecular flexibility index (Phi) is 4.79. The highest BCUT2D eigenvalue weighted by Crippen LogP contribution is 2.28. The van der Waals surface area contributed by atoms with E-state index in [1.165, 1.54) is 0 Å². The number of fused-ring (bicyclic) bond motifs is 1. The lowest BCUT2D eigenvalue weighted by Crippen LogP contribution is -2.35. The summed E-state index contributed by atoms with van der Waals surface area (Å²) >= 11 is 1.60. The molecule has 23 heavy (non-hydrogen) atoms. The van der Waals surface area contributed by atoms with Crippen LogP contribution in [0.4, 0.5) is 10.5 Å². The van der Waals surface area contributed by atoms with Crippen molar-refractivity contribution < 1.29 is 9.53 Å². The number of nitriles is 1. The number of carbonyl (C=O) groups is 1. The average Bonchev–Trinajstić information content (AvgIpc) is 3.22. The third kappa shape index (κ3) is 3.82. The minimum atomic E-state index is -0.187. The first kappa shape index (κ1) is 15.4. The number of urea groups is 1. The van der Waals surface area contributed by atoms with Gasteiger partial charge < -0.3 is 15.0 Å². The fourth-order valence-corrected chi connectivity index (χ4v) is 3.21. The van der Waals surface area contributed by atoms with E-state index in [0.717, 1.165) is 28.3 Å². The molecule has 2 aromatic rings. The summed E-state index contributed by atoms with van der Waals surface area (Å²) in [6.07, 6.45) is 1.18. The van der Waals surface area contributed by atoms with E-state index >= 15 is 0 Å². The van der Waals surface area contributed by atoms with E-state index in [2.05, 4.69) is 11.4 Å². The van der Waals surface area contributed by atoms with E-state index in [4.69, 9.17) is 10.00 Å². The molecular weight excluding hydrogens is 310 g/mol. The summed E-state index contributed by atoms with van der Waals surface area (Å²) in [6.45, 7) is 1.62. The second-order valence-corrected chi connectivity index (χ2v) is 6.29. The number of amides is 2. The maximum atomic E-state index is 12.5. The maximum Gasteiger partial charge on any atom is 0.322 e. The van der Waals surface area contributed by atoms with Gasteiger partial charge in [0.1, 0.15) is 5.75 Å². The number of nitrogens with zero attached hydrogens (tertiary/aromatic N) is 2. The average molecular weight is 327 g/mol. The van der Waals surface area contributed by atoms with Gasteiger partial charge in [0.25, 0.3) is 0 Å². The van der Waals surface area contributed by atoms with Crippen LogP contribution in [0, 0.1) is 11.3 Å². The van der Waals surface area contributed by atoms with Crippen molar-refractivity contribution in [2.75, 3.05) is 18.5 Å². The number of carbonyl (C=O) groups excluding carboxylic acids is 1. The van der Waals surface area contributed by atoms with E-state index in [1.807, 2.05) is 35.7 Å². The van der Waals surface area contributed by atoms with Gasteiger partial charge in [-0.1, -0.05) is 6.07 Å². The summed E-state index contributed by atoms with van der Waals surface area (Å²) in [5.41, 5.74) is 1.87. The molecule has 0 spiro atoms. The second kappa shape index (κ2) is 7.16.